The van der Waals surface area contributed by atoms with Gasteiger partial charge in [-0.25, -0.2) is 4.57 Å². The molecule has 0 aliphatic carbocycles. The number of nitriles is 1. The lowest BCUT2D eigenvalue weighted by Gasteiger charge is -2.06. The Kier molecular flexibility index (Phi) is 4.16. The average molecular weight is 287 g/mol. The van der Waals surface area contributed by atoms with Gasteiger partial charge in [0.05, 0.1) is 0 Å². The molecule has 0 unspecified atom stereocenters. The zero-order chi connectivity index (χ0) is 14.7. The van der Waals surface area contributed by atoms with Crippen molar-refractivity contribution in [1.29, 1.82) is 5.26 Å². The highest BCUT2D eigenvalue weighted by Gasteiger charge is 2.18. The van der Waals surface area contributed by atoms with E-state index in [1.54, 1.807) is 0 Å². The van der Waals surface area contributed by atoms with Crippen LogP contribution >= 0.6 is 11.3 Å². The Bertz CT molecular complexity index is 699. The maximum absolute atomic E-state index is 10.3. The molecule has 0 N–H and O–H groups in total. The fourth-order valence-corrected chi connectivity index (χ4v) is 3.15. The van der Waals surface area contributed by atoms with E-state index in [2.05, 4.69) is 6.07 Å². The molecule has 0 radical (unpaired) electrons. The van der Waals surface area contributed by atoms with Crippen molar-refractivity contribution < 1.29 is 14.1 Å². The van der Waals surface area contributed by atoms with Crippen molar-refractivity contribution in [2.45, 2.75) is 20.5 Å². The van der Waals surface area contributed by atoms with Crippen LogP contribution in [0.15, 0.2) is 18.3 Å². The average Bonchev–Trinajstić information content (AvgIpc) is 2.79. The van der Waals surface area contributed by atoms with Crippen LogP contribution in [0.3, 0.4) is 0 Å². The van der Waals surface area contributed by atoms with E-state index in [1.807, 2.05) is 43.8 Å². The maximum Gasteiger partial charge on any atom is 0.293 e. The highest BCUT2D eigenvalue weighted by atomic mass is 32.1. The van der Waals surface area contributed by atoms with E-state index in [-0.39, 0.29) is 6.61 Å². The van der Waals surface area contributed by atoms with Gasteiger partial charge >= 0.3 is 0 Å². The summed E-state index contributed by atoms with van der Waals surface area (Å²) in [4.78, 5) is 12.1. The minimum absolute atomic E-state index is 0.263. The molecule has 0 atom stereocenters. The van der Waals surface area contributed by atoms with Gasteiger partial charge in [-0.05, 0) is 25.5 Å². The van der Waals surface area contributed by atoms with Crippen molar-refractivity contribution in [3.05, 3.63) is 39.9 Å². The number of pyridine rings is 1. The molecular weight excluding hydrogens is 272 g/mol. The lowest BCUT2D eigenvalue weighted by Crippen LogP contribution is -2.31. The van der Waals surface area contributed by atoms with Crippen molar-refractivity contribution in [2.75, 3.05) is 0 Å². The summed E-state index contributed by atoms with van der Waals surface area (Å²) >= 11 is 1.47. The van der Waals surface area contributed by atoms with Gasteiger partial charge in [0, 0.05) is 17.2 Å². The summed E-state index contributed by atoms with van der Waals surface area (Å²) in [5, 5.41) is 9.00. The maximum atomic E-state index is 10.3. The van der Waals surface area contributed by atoms with Gasteiger partial charge in [-0.1, -0.05) is 0 Å². The third-order valence-electron chi connectivity index (χ3n) is 3.15. The first-order valence-electron chi connectivity index (χ1n) is 6.12. The van der Waals surface area contributed by atoms with Gasteiger partial charge in [-0.3, -0.25) is 4.79 Å². The van der Waals surface area contributed by atoms with Crippen LogP contribution in [0.2, 0.25) is 0 Å². The normalized spacial score (nSPS) is 10.1. The second-order valence-electron chi connectivity index (χ2n) is 4.62. The number of nitrogens with zero attached hydrogens (tertiary/aromatic N) is 2. The smallest absolute Gasteiger partial charge is 0.293 e. The van der Waals surface area contributed by atoms with Crippen molar-refractivity contribution in [2.24, 2.45) is 7.05 Å². The first kappa shape index (κ1) is 14.2. The van der Waals surface area contributed by atoms with E-state index in [1.165, 1.54) is 11.3 Å². The van der Waals surface area contributed by atoms with Gasteiger partial charge in [0.15, 0.2) is 6.20 Å². The number of aryl methyl sites for hydroxylation is 3. The minimum atomic E-state index is 0.263. The van der Waals surface area contributed by atoms with E-state index < -0.39 is 0 Å². The molecule has 0 bridgehead atoms. The summed E-state index contributed by atoms with van der Waals surface area (Å²) in [7, 11) is 1.97. The Hall–Kier alpha value is -2.19. The van der Waals surface area contributed by atoms with Gasteiger partial charge in [0.1, 0.15) is 29.5 Å². The van der Waals surface area contributed by atoms with E-state index in [0.29, 0.717) is 11.3 Å². The second kappa shape index (κ2) is 5.85. The zero-order valence-corrected chi connectivity index (χ0v) is 12.5. The summed E-state index contributed by atoms with van der Waals surface area (Å²) in [6.07, 6.45) is 2.00. The predicted octanol–water partition coefficient (Wildman–Crippen LogP) is 2.40. The zero-order valence-electron chi connectivity index (χ0n) is 11.6. The van der Waals surface area contributed by atoms with E-state index in [4.69, 9.17) is 10.00 Å². The Balaban J connectivity index is 2.52. The number of hydrogen-bond donors (Lipinski definition) is 0. The predicted molar refractivity (Wildman–Crippen MR) is 76.0 cm³/mol. The van der Waals surface area contributed by atoms with Crippen LogP contribution in [0.1, 0.15) is 21.6 Å². The third-order valence-corrected chi connectivity index (χ3v) is 4.32. The minimum Gasteiger partial charge on any atom is -0.463 e. The van der Waals surface area contributed by atoms with Crippen LogP contribution < -0.4 is 4.57 Å². The monoisotopic (exact) mass is 287 g/mol. The van der Waals surface area contributed by atoms with Gasteiger partial charge in [0.2, 0.25) is 5.69 Å². The first-order chi connectivity index (χ1) is 9.56. The summed E-state index contributed by atoms with van der Waals surface area (Å²) in [6, 6.07) is 6.08. The van der Waals surface area contributed by atoms with Gasteiger partial charge in [-0.15, -0.1) is 11.3 Å². The number of aromatic nitrogens is 1. The molecule has 0 fully saturated rings. The van der Waals surface area contributed by atoms with Crippen LogP contribution in [0, 0.1) is 25.2 Å². The fourth-order valence-electron chi connectivity index (χ4n) is 2.12. The Morgan fingerprint density at radius 2 is 2.15 bits per heavy atom. The Morgan fingerprint density at radius 3 is 2.75 bits per heavy atom. The molecule has 0 saturated carbocycles. The Morgan fingerprint density at radius 1 is 1.40 bits per heavy atom. The number of hydrogen-bond acceptors (Lipinski definition) is 4. The van der Waals surface area contributed by atoms with Crippen LogP contribution in [0.5, 0.6) is 0 Å². The number of ether oxygens (including phenoxy) is 1. The molecule has 4 nitrogen and oxygen atoms in total. The lowest BCUT2D eigenvalue weighted by atomic mass is 10.1. The van der Waals surface area contributed by atoms with Crippen molar-refractivity contribution in [3.8, 4) is 16.6 Å². The fraction of sp³-hybridized carbons (Fsp3) is 0.267. The molecule has 0 spiro atoms. The highest BCUT2D eigenvalue weighted by molar-refractivity contribution is 7.16. The van der Waals surface area contributed by atoms with Crippen molar-refractivity contribution >= 4 is 17.8 Å². The molecule has 0 aliphatic heterocycles. The van der Waals surface area contributed by atoms with Gasteiger partial charge in [0.25, 0.3) is 6.47 Å². The number of carbonyl (C=O) groups excluding carboxylic acids is 1. The van der Waals surface area contributed by atoms with Crippen LogP contribution in [-0.2, 0) is 23.2 Å². The van der Waals surface area contributed by atoms with Gasteiger partial charge in [-0.2, -0.15) is 5.26 Å². The summed E-state index contributed by atoms with van der Waals surface area (Å²) in [6.45, 7) is 4.69. The largest absolute Gasteiger partial charge is 0.463 e. The van der Waals surface area contributed by atoms with Crippen LogP contribution in [0.25, 0.3) is 10.6 Å². The molecule has 0 aliphatic rings. The number of rotatable bonds is 4. The molecule has 102 valence electrons. The summed E-state index contributed by atoms with van der Waals surface area (Å²) in [5.74, 6) is 0. The Labute approximate surface area is 121 Å². The standard InChI is InChI=1S/C15H15N2O2S/c1-10-4-13(6-16)20-15(10)14-5-12(8-19-9-18)11(2)7-17(14)3/h4-5,7,9H,8H2,1-3H3/q+1. The first-order valence-corrected chi connectivity index (χ1v) is 6.93. The summed E-state index contributed by atoms with van der Waals surface area (Å²) in [5.41, 5.74) is 4.13. The van der Waals surface area contributed by atoms with Crippen molar-refractivity contribution in [1.82, 2.24) is 0 Å². The van der Waals surface area contributed by atoms with Gasteiger partial charge < -0.3 is 4.74 Å². The molecule has 2 aromatic heterocycles. The van der Waals surface area contributed by atoms with E-state index >= 15 is 0 Å². The molecule has 2 heterocycles. The lowest BCUT2D eigenvalue weighted by molar-refractivity contribution is -0.660. The van der Waals surface area contributed by atoms with Crippen molar-refractivity contribution in [3.63, 3.8) is 0 Å². The number of thiophene rings is 1. The topological polar surface area (TPSA) is 54.0 Å². The molecule has 2 rings (SSSR count). The molecule has 20 heavy (non-hydrogen) atoms. The highest BCUT2D eigenvalue weighted by Crippen LogP contribution is 2.30. The van der Waals surface area contributed by atoms with Crippen LogP contribution in [-0.4, -0.2) is 6.47 Å². The quantitative estimate of drug-likeness (QED) is 0.641. The molecule has 0 saturated heterocycles. The van der Waals surface area contributed by atoms with Crippen LogP contribution in [0.4, 0.5) is 0 Å². The molecule has 2 aromatic rings. The molecule has 0 amide bonds. The SMILES string of the molecule is Cc1c[n+](C)c(-c2sc(C#N)cc2C)cc1COC=O. The molecular formula is C15H15N2O2S+. The summed E-state index contributed by atoms with van der Waals surface area (Å²) < 4.78 is 6.88. The number of carbonyl (C=O) groups is 1. The second-order valence-corrected chi connectivity index (χ2v) is 5.67. The molecule has 0 aromatic carbocycles. The molecule has 5 heteroatoms. The third kappa shape index (κ3) is 2.70. The van der Waals surface area contributed by atoms with E-state index in [0.717, 1.165) is 27.3 Å². The van der Waals surface area contributed by atoms with E-state index in [9.17, 15) is 4.79 Å².